The van der Waals surface area contributed by atoms with Crippen LogP contribution >= 0.6 is 0 Å². The SMILES string of the molecule is CC(C)CCC1(CN2CCN(C)CC2)CC1. The van der Waals surface area contributed by atoms with Gasteiger partial charge in [0.1, 0.15) is 0 Å². The number of likely N-dealkylation sites (N-methyl/N-ethyl adjacent to an activating group) is 1. The van der Waals surface area contributed by atoms with Crippen LogP contribution in [0.3, 0.4) is 0 Å². The van der Waals surface area contributed by atoms with Crippen LogP contribution < -0.4 is 0 Å². The van der Waals surface area contributed by atoms with Gasteiger partial charge in [-0.2, -0.15) is 0 Å². The van der Waals surface area contributed by atoms with E-state index in [0.717, 1.165) is 11.3 Å². The molecule has 0 bridgehead atoms. The highest BCUT2D eigenvalue weighted by molar-refractivity contribution is 4.96. The molecule has 2 heteroatoms. The number of piperazine rings is 1. The first kappa shape index (κ1) is 12.4. The smallest absolute Gasteiger partial charge is 0.0110 e. The molecule has 1 saturated carbocycles. The lowest BCUT2D eigenvalue weighted by atomic mass is 9.94. The molecule has 0 N–H and O–H groups in total. The molecule has 0 aromatic rings. The van der Waals surface area contributed by atoms with Crippen LogP contribution in [0.4, 0.5) is 0 Å². The summed E-state index contributed by atoms with van der Waals surface area (Å²) in [7, 11) is 2.24. The zero-order valence-corrected chi connectivity index (χ0v) is 11.3. The van der Waals surface area contributed by atoms with E-state index >= 15 is 0 Å². The number of hydrogen-bond donors (Lipinski definition) is 0. The lowest BCUT2D eigenvalue weighted by Gasteiger charge is -2.35. The molecule has 0 unspecified atom stereocenters. The number of rotatable bonds is 5. The van der Waals surface area contributed by atoms with Gasteiger partial charge in [0.05, 0.1) is 0 Å². The zero-order chi connectivity index (χ0) is 11.6. The first-order valence-electron chi connectivity index (χ1n) is 7.01. The minimum absolute atomic E-state index is 0.736. The lowest BCUT2D eigenvalue weighted by molar-refractivity contribution is 0.126. The van der Waals surface area contributed by atoms with Gasteiger partial charge in [0.15, 0.2) is 0 Å². The van der Waals surface area contributed by atoms with E-state index in [2.05, 4.69) is 30.7 Å². The Morgan fingerprint density at radius 2 is 1.69 bits per heavy atom. The second-order valence-electron chi connectivity index (χ2n) is 6.51. The molecule has 2 aliphatic rings. The molecule has 0 spiro atoms. The Hall–Kier alpha value is -0.0800. The van der Waals surface area contributed by atoms with Gasteiger partial charge in [0, 0.05) is 32.7 Å². The van der Waals surface area contributed by atoms with E-state index in [0.29, 0.717) is 0 Å². The molecule has 0 atom stereocenters. The fourth-order valence-electron chi connectivity index (χ4n) is 2.74. The Kier molecular flexibility index (Phi) is 3.91. The van der Waals surface area contributed by atoms with Gasteiger partial charge in [-0.1, -0.05) is 20.3 Å². The summed E-state index contributed by atoms with van der Waals surface area (Å²) in [4.78, 5) is 5.15. The predicted molar refractivity (Wildman–Crippen MR) is 69.7 cm³/mol. The quantitative estimate of drug-likeness (QED) is 0.708. The van der Waals surface area contributed by atoms with E-state index in [9.17, 15) is 0 Å². The largest absolute Gasteiger partial charge is 0.304 e. The van der Waals surface area contributed by atoms with Crippen molar-refractivity contribution in [1.29, 1.82) is 0 Å². The summed E-state index contributed by atoms with van der Waals surface area (Å²) in [5.41, 5.74) is 0.736. The van der Waals surface area contributed by atoms with Crippen molar-refractivity contribution in [2.45, 2.75) is 39.5 Å². The van der Waals surface area contributed by atoms with E-state index in [1.54, 1.807) is 0 Å². The van der Waals surface area contributed by atoms with Crippen molar-refractivity contribution in [2.24, 2.45) is 11.3 Å². The fourth-order valence-corrected chi connectivity index (χ4v) is 2.74. The highest BCUT2D eigenvalue weighted by Crippen LogP contribution is 2.50. The fraction of sp³-hybridized carbons (Fsp3) is 1.00. The van der Waals surface area contributed by atoms with Crippen molar-refractivity contribution in [3.63, 3.8) is 0 Å². The standard InChI is InChI=1S/C14H28N2/c1-13(2)4-5-14(6-7-14)12-16-10-8-15(3)9-11-16/h13H,4-12H2,1-3H3. The maximum atomic E-state index is 2.70. The van der Waals surface area contributed by atoms with Gasteiger partial charge in [0.25, 0.3) is 0 Å². The maximum absolute atomic E-state index is 2.70. The minimum Gasteiger partial charge on any atom is -0.304 e. The molecule has 1 saturated heterocycles. The molecule has 1 aliphatic carbocycles. The van der Waals surface area contributed by atoms with Crippen molar-refractivity contribution in [3.05, 3.63) is 0 Å². The summed E-state index contributed by atoms with van der Waals surface area (Å²) < 4.78 is 0. The van der Waals surface area contributed by atoms with Gasteiger partial charge < -0.3 is 9.80 Å². The van der Waals surface area contributed by atoms with Crippen LogP contribution in [0.25, 0.3) is 0 Å². The van der Waals surface area contributed by atoms with Crippen LogP contribution in [0.15, 0.2) is 0 Å². The van der Waals surface area contributed by atoms with Gasteiger partial charge in [-0.25, -0.2) is 0 Å². The Labute approximate surface area is 101 Å². The van der Waals surface area contributed by atoms with Gasteiger partial charge >= 0.3 is 0 Å². The molecule has 0 aromatic heterocycles. The van der Waals surface area contributed by atoms with Crippen molar-refractivity contribution >= 4 is 0 Å². The molecule has 1 aliphatic heterocycles. The van der Waals surface area contributed by atoms with Gasteiger partial charge in [-0.3, -0.25) is 0 Å². The normalized spacial score (nSPS) is 26.2. The summed E-state index contributed by atoms with van der Waals surface area (Å²) in [6.45, 7) is 11.2. The second kappa shape index (κ2) is 5.05. The van der Waals surface area contributed by atoms with E-state index in [1.165, 1.54) is 58.4 Å². The molecule has 0 aromatic carbocycles. The molecule has 0 radical (unpaired) electrons. The zero-order valence-electron chi connectivity index (χ0n) is 11.3. The number of hydrogen-bond acceptors (Lipinski definition) is 2. The third-order valence-electron chi connectivity index (χ3n) is 4.36. The summed E-state index contributed by atoms with van der Waals surface area (Å²) in [6, 6.07) is 0. The Morgan fingerprint density at radius 1 is 1.06 bits per heavy atom. The highest BCUT2D eigenvalue weighted by Gasteiger charge is 2.43. The molecular weight excluding hydrogens is 196 g/mol. The summed E-state index contributed by atoms with van der Waals surface area (Å²) in [5, 5.41) is 0. The van der Waals surface area contributed by atoms with Crippen LogP contribution in [-0.4, -0.2) is 49.6 Å². The third-order valence-corrected chi connectivity index (χ3v) is 4.36. The second-order valence-corrected chi connectivity index (χ2v) is 6.51. The van der Waals surface area contributed by atoms with Crippen LogP contribution in [0.5, 0.6) is 0 Å². The first-order chi connectivity index (χ1) is 7.60. The van der Waals surface area contributed by atoms with E-state index in [-0.39, 0.29) is 0 Å². The molecule has 2 fully saturated rings. The molecule has 1 heterocycles. The minimum atomic E-state index is 0.736. The predicted octanol–water partition coefficient (Wildman–Crippen LogP) is 2.45. The van der Waals surface area contributed by atoms with Crippen molar-refractivity contribution < 1.29 is 0 Å². The van der Waals surface area contributed by atoms with E-state index < -0.39 is 0 Å². The molecular formula is C14H28N2. The third kappa shape index (κ3) is 3.46. The monoisotopic (exact) mass is 224 g/mol. The van der Waals surface area contributed by atoms with Crippen LogP contribution in [0.2, 0.25) is 0 Å². The molecule has 16 heavy (non-hydrogen) atoms. The van der Waals surface area contributed by atoms with Gasteiger partial charge in [-0.05, 0) is 37.6 Å². The average molecular weight is 224 g/mol. The Balaban J connectivity index is 1.72. The molecule has 94 valence electrons. The topological polar surface area (TPSA) is 6.48 Å². The average Bonchev–Trinajstić information content (AvgIpc) is 3.00. The van der Waals surface area contributed by atoms with Gasteiger partial charge in [-0.15, -0.1) is 0 Å². The van der Waals surface area contributed by atoms with Crippen molar-refractivity contribution in [3.8, 4) is 0 Å². The number of nitrogens with zero attached hydrogens (tertiary/aromatic N) is 2. The summed E-state index contributed by atoms with van der Waals surface area (Å²) in [5.74, 6) is 0.880. The van der Waals surface area contributed by atoms with E-state index in [1.807, 2.05) is 0 Å². The van der Waals surface area contributed by atoms with Crippen LogP contribution in [0, 0.1) is 11.3 Å². The first-order valence-corrected chi connectivity index (χ1v) is 7.01. The van der Waals surface area contributed by atoms with Crippen molar-refractivity contribution in [2.75, 3.05) is 39.8 Å². The Bertz CT molecular complexity index is 213. The van der Waals surface area contributed by atoms with Crippen LogP contribution in [-0.2, 0) is 0 Å². The highest BCUT2D eigenvalue weighted by atomic mass is 15.2. The molecule has 2 nitrogen and oxygen atoms in total. The van der Waals surface area contributed by atoms with E-state index in [4.69, 9.17) is 0 Å². The Morgan fingerprint density at radius 3 is 2.19 bits per heavy atom. The molecule has 2 rings (SSSR count). The van der Waals surface area contributed by atoms with Gasteiger partial charge in [0.2, 0.25) is 0 Å². The molecule has 0 amide bonds. The maximum Gasteiger partial charge on any atom is 0.0110 e. The van der Waals surface area contributed by atoms with Crippen LogP contribution in [0.1, 0.15) is 39.5 Å². The van der Waals surface area contributed by atoms with Crippen molar-refractivity contribution in [1.82, 2.24) is 9.80 Å². The summed E-state index contributed by atoms with van der Waals surface area (Å²) in [6.07, 6.45) is 5.88. The summed E-state index contributed by atoms with van der Waals surface area (Å²) >= 11 is 0. The lowest BCUT2D eigenvalue weighted by Crippen LogP contribution is -2.46.